The van der Waals surface area contributed by atoms with Crippen molar-refractivity contribution < 1.29 is 27.2 Å². The van der Waals surface area contributed by atoms with Gasteiger partial charge in [0.2, 0.25) is 0 Å². The van der Waals surface area contributed by atoms with Gasteiger partial charge in [-0.15, -0.1) is 0 Å². The molecule has 2 aliphatic rings. The summed E-state index contributed by atoms with van der Waals surface area (Å²) in [5.74, 6) is 0.760. The molecule has 3 atom stereocenters. The Morgan fingerprint density at radius 2 is 1.68 bits per heavy atom. The van der Waals surface area contributed by atoms with Crippen LogP contribution in [-0.4, -0.2) is 73.2 Å². The van der Waals surface area contributed by atoms with E-state index < -0.39 is 8.80 Å². The maximum Gasteiger partial charge on any atom is 0.500 e. The molecule has 0 amide bonds. The molecule has 0 aromatic carbocycles. The number of epoxide rings is 1. The summed E-state index contributed by atoms with van der Waals surface area (Å²) >= 11 is 0. The summed E-state index contributed by atoms with van der Waals surface area (Å²) in [5.41, 5.74) is 0. The largest absolute Gasteiger partial charge is 0.500 e. The van der Waals surface area contributed by atoms with E-state index in [1.165, 1.54) is 19.3 Å². The quantitative estimate of drug-likeness (QED) is 0.347. The average molecular weight is 353 g/mol. The smallest absolute Gasteiger partial charge is 0.426 e. The van der Waals surface area contributed by atoms with E-state index in [2.05, 4.69) is 4.74 Å². The minimum absolute atomic E-state index is 0.558. The van der Waals surface area contributed by atoms with Gasteiger partial charge in [0.05, 0.1) is 25.4 Å². The van der Waals surface area contributed by atoms with Crippen LogP contribution in [0.5, 0.6) is 0 Å². The van der Waals surface area contributed by atoms with E-state index in [0.717, 1.165) is 42.1 Å². The Kier molecular flexibility index (Phi) is 10.0. The molecular weight excluding hydrogens is 320 g/mol. The van der Waals surface area contributed by atoms with Crippen molar-refractivity contribution in [1.29, 1.82) is 0 Å². The third-order valence-corrected chi connectivity index (χ3v) is 7.57. The van der Waals surface area contributed by atoms with Gasteiger partial charge in [-0.05, 0) is 31.6 Å². The first-order valence-electron chi connectivity index (χ1n) is 7.93. The molecule has 0 bridgehead atoms. The zero-order chi connectivity index (χ0) is 16.4. The fraction of sp³-hybridized carbons (Fsp3) is 1.00. The highest BCUT2D eigenvalue weighted by Gasteiger charge is 2.45. The molecule has 1 saturated carbocycles. The van der Waals surface area contributed by atoms with E-state index in [1.54, 1.807) is 28.4 Å². The molecule has 3 unspecified atom stereocenters. The topological polar surface area (TPSA) is 58.7 Å². The van der Waals surface area contributed by atoms with E-state index in [9.17, 15) is 0 Å². The first kappa shape index (κ1) is 20.2. The third-order valence-electron chi connectivity index (χ3n) is 4.40. The van der Waals surface area contributed by atoms with Crippen molar-refractivity contribution >= 4 is 19.3 Å². The van der Waals surface area contributed by atoms with Crippen LogP contribution in [0.1, 0.15) is 25.7 Å². The molecule has 0 N–H and O–H groups in total. The molecule has 2 fully saturated rings. The van der Waals surface area contributed by atoms with E-state index in [-0.39, 0.29) is 0 Å². The minimum Gasteiger partial charge on any atom is -0.426 e. The van der Waals surface area contributed by atoms with Gasteiger partial charge in [0.25, 0.3) is 0 Å². The lowest BCUT2D eigenvalue weighted by molar-refractivity contribution is 0.120. The summed E-state index contributed by atoms with van der Waals surface area (Å²) in [6.07, 6.45) is 6.01. The van der Waals surface area contributed by atoms with Crippen LogP contribution in [0.4, 0.5) is 0 Å². The molecule has 1 aliphatic carbocycles. The van der Waals surface area contributed by atoms with Gasteiger partial charge in [-0.2, -0.15) is 0 Å². The molecule has 6 nitrogen and oxygen atoms in total. The van der Waals surface area contributed by atoms with Crippen LogP contribution in [0.2, 0.25) is 6.04 Å². The number of ether oxygens (including phenoxy) is 2. The van der Waals surface area contributed by atoms with Crippen LogP contribution < -0.4 is 0 Å². The summed E-state index contributed by atoms with van der Waals surface area (Å²) < 4.78 is 31.3. The highest BCUT2D eigenvalue weighted by atomic mass is 28.4. The van der Waals surface area contributed by atoms with Gasteiger partial charge in [0, 0.05) is 34.5 Å². The molecule has 132 valence electrons. The second-order valence-electron chi connectivity index (χ2n) is 5.71. The number of fused-ring (bicyclic) bond motifs is 1. The predicted octanol–water partition coefficient (Wildman–Crippen LogP) is 0.752. The first-order valence-corrected chi connectivity index (χ1v) is 10.7. The predicted molar refractivity (Wildman–Crippen MR) is 90.0 cm³/mol. The van der Waals surface area contributed by atoms with E-state index in [1.807, 2.05) is 0 Å². The van der Waals surface area contributed by atoms with Crippen molar-refractivity contribution in [1.82, 2.24) is 0 Å². The Balaban J connectivity index is 0.000000346. The van der Waals surface area contributed by atoms with Crippen LogP contribution >= 0.6 is 0 Å². The molecule has 1 saturated heterocycles. The third kappa shape index (κ3) is 6.75. The molecule has 0 aromatic heterocycles. The monoisotopic (exact) mass is 352 g/mol. The van der Waals surface area contributed by atoms with Crippen LogP contribution in [-0.2, 0) is 27.2 Å². The lowest BCUT2D eigenvalue weighted by Gasteiger charge is -2.27. The molecule has 22 heavy (non-hydrogen) atoms. The highest BCUT2D eigenvalue weighted by Crippen LogP contribution is 2.41. The second kappa shape index (κ2) is 10.9. The molecule has 2 rings (SSSR count). The van der Waals surface area contributed by atoms with Crippen molar-refractivity contribution in [3.05, 3.63) is 0 Å². The molecule has 1 aliphatic heterocycles. The van der Waals surface area contributed by atoms with Gasteiger partial charge in [-0.25, -0.2) is 0 Å². The van der Waals surface area contributed by atoms with Gasteiger partial charge in [0.1, 0.15) is 10.5 Å². The Morgan fingerprint density at radius 3 is 2.14 bits per heavy atom. The maximum atomic E-state index is 5.54. The second-order valence-corrected chi connectivity index (χ2v) is 9.38. The molecule has 1 heterocycles. The lowest BCUT2D eigenvalue weighted by atomic mass is 9.88. The molecule has 0 aromatic rings. The molecule has 8 heteroatoms. The zero-order valence-electron chi connectivity index (χ0n) is 14.6. The number of rotatable bonds is 9. The van der Waals surface area contributed by atoms with E-state index in [0.29, 0.717) is 12.2 Å². The van der Waals surface area contributed by atoms with Gasteiger partial charge in [-0.3, -0.25) is 0 Å². The summed E-state index contributed by atoms with van der Waals surface area (Å²) in [5, 5.41) is 0. The number of hydrogen-bond donors (Lipinski definition) is 0. The zero-order valence-corrected chi connectivity index (χ0v) is 17.6. The van der Waals surface area contributed by atoms with Crippen LogP contribution in [0.3, 0.4) is 0 Å². The van der Waals surface area contributed by atoms with Crippen molar-refractivity contribution in [2.24, 2.45) is 5.92 Å². The summed E-state index contributed by atoms with van der Waals surface area (Å²) in [7, 11) is 5.18. The van der Waals surface area contributed by atoms with Gasteiger partial charge in [-0.1, -0.05) is 0 Å². The first-order chi connectivity index (χ1) is 10.6. The normalized spacial score (nSPS) is 27.0. The minimum atomic E-state index is -2.35. The Labute approximate surface area is 138 Å². The number of hydrogen-bond acceptors (Lipinski definition) is 6. The van der Waals surface area contributed by atoms with Crippen molar-refractivity contribution in [3.63, 3.8) is 0 Å². The summed E-state index contributed by atoms with van der Waals surface area (Å²) in [6.45, 7) is 1.48. The maximum absolute atomic E-state index is 5.54. The van der Waals surface area contributed by atoms with Gasteiger partial charge < -0.3 is 27.2 Å². The van der Waals surface area contributed by atoms with Gasteiger partial charge >= 0.3 is 8.80 Å². The molecular formula is C14H32O6Si2. The fourth-order valence-electron chi connectivity index (χ4n) is 2.85. The van der Waals surface area contributed by atoms with Crippen molar-refractivity contribution in [2.45, 2.75) is 43.9 Å². The van der Waals surface area contributed by atoms with Crippen molar-refractivity contribution in [3.8, 4) is 0 Å². The summed E-state index contributed by atoms with van der Waals surface area (Å²) in [4.78, 5) is 0. The lowest BCUT2D eigenvalue weighted by Crippen LogP contribution is -2.43. The van der Waals surface area contributed by atoms with Gasteiger partial charge in [0.15, 0.2) is 0 Å². The highest BCUT2D eigenvalue weighted by molar-refractivity contribution is 6.60. The van der Waals surface area contributed by atoms with Crippen LogP contribution in [0.15, 0.2) is 0 Å². The fourth-order valence-corrected chi connectivity index (χ4v) is 4.89. The van der Waals surface area contributed by atoms with Crippen LogP contribution in [0.25, 0.3) is 0 Å². The number of methoxy groups -OCH3 is 1. The van der Waals surface area contributed by atoms with Crippen LogP contribution in [0, 0.1) is 5.92 Å². The summed E-state index contributed by atoms with van der Waals surface area (Å²) in [6, 6.07) is 0.915. The molecule has 0 spiro atoms. The SMILES string of the molecule is COCCO[SiH3].CO[Si](CCC1CCC2OC2C1)(OC)OC. The van der Waals surface area contributed by atoms with E-state index in [4.69, 9.17) is 22.4 Å². The standard InChI is InChI=1S/C11H22O4Si.C3H10O2Si/c1-12-16(13-2,14-3)7-6-9-4-5-10-11(8-9)15-10;1-4-2-3-5-6/h9-11H,4-8H2,1-3H3;2-3H2,1,6H3. The van der Waals surface area contributed by atoms with E-state index >= 15 is 0 Å². The Morgan fingerprint density at radius 1 is 1.00 bits per heavy atom. The Hall–Kier alpha value is 0.194. The Bertz CT molecular complexity index is 278. The molecule has 0 radical (unpaired) electrons. The van der Waals surface area contributed by atoms with Crippen molar-refractivity contribution in [2.75, 3.05) is 41.7 Å². The average Bonchev–Trinajstić information content (AvgIpc) is 3.34.